The molecule has 0 amide bonds. The van der Waals surface area contributed by atoms with Crippen LogP contribution in [0.2, 0.25) is 0 Å². The molecule has 3 rings (SSSR count). The van der Waals surface area contributed by atoms with Crippen molar-refractivity contribution in [3.05, 3.63) is 47.3 Å². The van der Waals surface area contributed by atoms with Crippen LogP contribution < -0.4 is 20.7 Å². The Bertz CT molecular complexity index is 872. The highest BCUT2D eigenvalue weighted by molar-refractivity contribution is 5.79. The number of alkyl halides is 3. The summed E-state index contributed by atoms with van der Waals surface area (Å²) < 4.78 is 43.6. The molecule has 0 fully saturated rings. The van der Waals surface area contributed by atoms with Crippen molar-refractivity contribution in [1.29, 1.82) is 0 Å². The van der Waals surface area contributed by atoms with Crippen molar-refractivity contribution >= 4 is 11.9 Å². The van der Waals surface area contributed by atoms with Gasteiger partial charge in [0.2, 0.25) is 5.95 Å². The third-order valence-corrected chi connectivity index (χ3v) is 4.42. The van der Waals surface area contributed by atoms with E-state index in [-0.39, 0.29) is 5.95 Å². The topological polar surface area (TPSA) is 83.5 Å². The normalized spacial score (nSPS) is 13.5. The smallest absolute Gasteiger partial charge is 0.433 e. The van der Waals surface area contributed by atoms with Gasteiger partial charge >= 0.3 is 6.18 Å². The maximum absolute atomic E-state index is 12.7. The molecule has 30 heavy (non-hydrogen) atoms. The van der Waals surface area contributed by atoms with Crippen molar-refractivity contribution in [1.82, 2.24) is 20.6 Å². The molecular formula is C20H25F3N6O. The van der Waals surface area contributed by atoms with Crippen LogP contribution in [-0.4, -0.2) is 48.7 Å². The highest BCUT2D eigenvalue weighted by Gasteiger charge is 2.32. The average Bonchev–Trinajstić information content (AvgIpc) is 3.18. The van der Waals surface area contributed by atoms with Gasteiger partial charge in [-0.05, 0) is 36.6 Å². The standard InChI is InChI=1S/C20H25F3N6O/c1-2-24-18(25-8-5-14-3-4-16-15(13-14)7-12-30-16)27-10-11-28-19-26-9-6-17(29-19)20(21,22)23/h3-4,6,9,13H,2,5,7-8,10-12H2,1H3,(H2,24,25,27)(H,26,28,29). The first kappa shape index (κ1) is 21.7. The Hall–Kier alpha value is -3.04. The molecule has 1 aliphatic heterocycles. The number of nitrogens with one attached hydrogen (secondary N) is 3. The highest BCUT2D eigenvalue weighted by Crippen LogP contribution is 2.27. The van der Waals surface area contributed by atoms with E-state index >= 15 is 0 Å². The zero-order chi connectivity index (χ0) is 21.4. The largest absolute Gasteiger partial charge is 0.493 e. The van der Waals surface area contributed by atoms with E-state index < -0.39 is 11.9 Å². The van der Waals surface area contributed by atoms with Crippen LogP contribution in [0.3, 0.4) is 0 Å². The fourth-order valence-corrected chi connectivity index (χ4v) is 2.99. The number of halogens is 3. The van der Waals surface area contributed by atoms with Gasteiger partial charge in [-0.25, -0.2) is 9.97 Å². The van der Waals surface area contributed by atoms with Gasteiger partial charge in [0.25, 0.3) is 0 Å². The molecule has 0 aliphatic carbocycles. The summed E-state index contributed by atoms with van der Waals surface area (Å²) in [5.41, 5.74) is 1.48. The lowest BCUT2D eigenvalue weighted by molar-refractivity contribution is -0.141. The van der Waals surface area contributed by atoms with Crippen molar-refractivity contribution in [2.24, 2.45) is 4.99 Å². The Kier molecular flexibility index (Phi) is 7.31. The molecule has 3 N–H and O–H groups in total. The quantitative estimate of drug-likeness (QED) is 0.345. The van der Waals surface area contributed by atoms with Gasteiger partial charge in [0.1, 0.15) is 11.4 Å². The minimum atomic E-state index is -4.49. The van der Waals surface area contributed by atoms with Gasteiger partial charge in [-0.3, -0.25) is 4.99 Å². The maximum Gasteiger partial charge on any atom is 0.433 e. The van der Waals surface area contributed by atoms with Crippen LogP contribution in [0.15, 0.2) is 35.5 Å². The number of rotatable bonds is 8. The molecule has 7 nitrogen and oxygen atoms in total. The molecule has 1 aliphatic rings. The van der Waals surface area contributed by atoms with E-state index in [0.29, 0.717) is 32.1 Å². The first-order chi connectivity index (χ1) is 14.5. The SMILES string of the molecule is CCNC(=NCCc1ccc2c(c1)CCO2)NCCNc1nccc(C(F)(F)F)n1. The first-order valence-electron chi connectivity index (χ1n) is 9.86. The lowest BCUT2D eigenvalue weighted by atomic mass is 10.1. The van der Waals surface area contributed by atoms with Gasteiger partial charge in [-0.2, -0.15) is 13.2 Å². The van der Waals surface area contributed by atoms with Crippen molar-refractivity contribution in [3.63, 3.8) is 0 Å². The number of hydrogen-bond acceptors (Lipinski definition) is 5. The summed E-state index contributed by atoms with van der Waals surface area (Å²) >= 11 is 0. The fraction of sp³-hybridized carbons (Fsp3) is 0.450. The summed E-state index contributed by atoms with van der Waals surface area (Å²) in [7, 11) is 0. The van der Waals surface area contributed by atoms with Gasteiger partial charge in [0, 0.05) is 38.8 Å². The molecule has 2 heterocycles. The number of aliphatic imine (C=N–C) groups is 1. The molecule has 0 radical (unpaired) electrons. The molecule has 0 unspecified atom stereocenters. The number of anilines is 1. The molecule has 162 valence electrons. The zero-order valence-electron chi connectivity index (χ0n) is 16.7. The van der Waals surface area contributed by atoms with Gasteiger partial charge in [0.15, 0.2) is 5.96 Å². The Morgan fingerprint density at radius 1 is 1.20 bits per heavy atom. The first-order valence-corrected chi connectivity index (χ1v) is 9.86. The van der Waals surface area contributed by atoms with E-state index in [4.69, 9.17) is 4.74 Å². The van der Waals surface area contributed by atoms with E-state index in [9.17, 15) is 13.2 Å². The van der Waals surface area contributed by atoms with Crippen molar-refractivity contribution < 1.29 is 17.9 Å². The molecular weight excluding hydrogens is 397 g/mol. The summed E-state index contributed by atoms with van der Waals surface area (Å²) in [6, 6.07) is 7.07. The number of ether oxygens (including phenoxy) is 1. The Morgan fingerprint density at radius 3 is 2.87 bits per heavy atom. The molecule has 1 aromatic carbocycles. The number of nitrogens with zero attached hydrogens (tertiary/aromatic N) is 3. The lowest BCUT2D eigenvalue weighted by Gasteiger charge is -2.12. The molecule has 0 saturated carbocycles. The monoisotopic (exact) mass is 422 g/mol. The van der Waals surface area contributed by atoms with Crippen LogP contribution in [0.1, 0.15) is 23.7 Å². The summed E-state index contributed by atoms with van der Waals surface area (Å²) in [6.45, 7) is 4.81. The number of aromatic nitrogens is 2. The highest BCUT2D eigenvalue weighted by atomic mass is 19.4. The van der Waals surface area contributed by atoms with E-state index in [0.717, 1.165) is 37.5 Å². The zero-order valence-corrected chi connectivity index (χ0v) is 16.7. The van der Waals surface area contributed by atoms with Gasteiger partial charge in [0.05, 0.1) is 6.61 Å². The van der Waals surface area contributed by atoms with Crippen molar-refractivity contribution in [2.75, 3.05) is 38.1 Å². The van der Waals surface area contributed by atoms with E-state index in [1.807, 2.05) is 13.0 Å². The molecule has 0 bridgehead atoms. The Morgan fingerprint density at radius 2 is 2.07 bits per heavy atom. The fourth-order valence-electron chi connectivity index (χ4n) is 2.99. The van der Waals surface area contributed by atoms with Crippen molar-refractivity contribution in [3.8, 4) is 5.75 Å². The molecule has 0 saturated heterocycles. The molecule has 0 atom stereocenters. The Labute approximate surface area is 173 Å². The molecule has 1 aromatic heterocycles. The van der Waals surface area contributed by atoms with Gasteiger partial charge in [-0.15, -0.1) is 0 Å². The van der Waals surface area contributed by atoms with E-state index in [1.165, 1.54) is 11.1 Å². The summed E-state index contributed by atoms with van der Waals surface area (Å²) in [6.07, 6.45) is -1.66. The van der Waals surface area contributed by atoms with Crippen LogP contribution in [0.4, 0.5) is 19.1 Å². The van der Waals surface area contributed by atoms with E-state index in [2.05, 4.69) is 43.0 Å². The van der Waals surface area contributed by atoms with Gasteiger partial charge < -0.3 is 20.7 Å². The summed E-state index contributed by atoms with van der Waals surface area (Å²) in [5.74, 6) is 1.55. The van der Waals surface area contributed by atoms with Crippen LogP contribution in [0.5, 0.6) is 5.75 Å². The molecule has 0 spiro atoms. The second-order valence-electron chi connectivity index (χ2n) is 6.67. The minimum Gasteiger partial charge on any atom is -0.493 e. The predicted molar refractivity (Wildman–Crippen MR) is 109 cm³/mol. The lowest BCUT2D eigenvalue weighted by Crippen LogP contribution is -2.39. The average molecular weight is 422 g/mol. The van der Waals surface area contributed by atoms with Crippen LogP contribution in [0, 0.1) is 0 Å². The summed E-state index contributed by atoms with van der Waals surface area (Å²) in [5, 5.41) is 9.07. The third kappa shape index (κ3) is 6.23. The van der Waals surface area contributed by atoms with Crippen LogP contribution >= 0.6 is 0 Å². The number of benzene rings is 1. The molecule has 10 heteroatoms. The predicted octanol–water partition coefficient (Wildman–Crippen LogP) is 2.64. The number of hydrogen-bond donors (Lipinski definition) is 3. The maximum atomic E-state index is 12.7. The Balaban J connectivity index is 1.45. The number of guanidine groups is 1. The second-order valence-corrected chi connectivity index (χ2v) is 6.67. The summed E-state index contributed by atoms with van der Waals surface area (Å²) in [4.78, 5) is 11.8. The molecule has 2 aromatic rings. The third-order valence-electron chi connectivity index (χ3n) is 4.42. The minimum absolute atomic E-state index is 0.0610. The van der Waals surface area contributed by atoms with Crippen LogP contribution in [-0.2, 0) is 19.0 Å². The van der Waals surface area contributed by atoms with Gasteiger partial charge in [-0.1, -0.05) is 12.1 Å². The second kappa shape index (κ2) is 10.1. The van der Waals surface area contributed by atoms with E-state index in [1.54, 1.807) is 0 Å². The van der Waals surface area contributed by atoms with Crippen LogP contribution in [0.25, 0.3) is 0 Å². The number of fused-ring (bicyclic) bond motifs is 1. The van der Waals surface area contributed by atoms with Crippen molar-refractivity contribution in [2.45, 2.75) is 25.9 Å².